The second-order valence-electron chi connectivity index (χ2n) is 14.6. The van der Waals surface area contributed by atoms with Crippen LogP contribution >= 0.6 is 0 Å². The second-order valence-corrected chi connectivity index (χ2v) is 14.6. The van der Waals surface area contributed by atoms with Gasteiger partial charge in [0.15, 0.2) is 17.2 Å². The zero-order chi connectivity index (χ0) is 35.8. The van der Waals surface area contributed by atoms with Crippen LogP contribution in [-0.2, 0) is 0 Å². The molecule has 5 aromatic heterocycles. The molecule has 0 atom stereocenters. The first-order valence-corrected chi connectivity index (χ1v) is 18.7. The molecule has 0 amide bonds. The zero-order valence-electron chi connectivity index (χ0n) is 29.4. The van der Waals surface area contributed by atoms with Gasteiger partial charge in [0.1, 0.15) is 11.1 Å². The molecule has 0 unspecified atom stereocenters. The summed E-state index contributed by atoms with van der Waals surface area (Å²) in [6, 6.07) is 60.5. The Morgan fingerprint density at radius 2 is 1.04 bits per heavy atom. The summed E-state index contributed by atoms with van der Waals surface area (Å²) in [6.45, 7) is 0. The Balaban J connectivity index is 1.21. The van der Waals surface area contributed by atoms with Crippen molar-refractivity contribution >= 4 is 92.7 Å². The Morgan fingerprint density at radius 1 is 0.418 bits per heavy atom. The Bertz CT molecular complexity index is 3700. The minimum Gasteiger partial charge on any atom is -0.450 e. The maximum absolute atomic E-state index is 6.77. The van der Waals surface area contributed by atoms with E-state index < -0.39 is 0 Å². The number of benzene rings is 8. The Morgan fingerprint density at radius 3 is 1.85 bits per heavy atom. The SMILES string of the molecule is c1ccc(-c2ccc(-c3nc(-n4c5ccccc5c5cc6c7ccccc7n7c8cc9ccccc9cc8c(c54)c67)c4oc5ccccc5c4n3)cc2)cc1. The summed E-state index contributed by atoms with van der Waals surface area (Å²) < 4.78 is 11.6. The minimum atomic E-state index is 0.651. The van der Waals surface area contributed by atoms with E-state index in [-0.39, 0.29) is 0 Å². The summed E-state index contributed by atoms with van der Waals surface area (Å²) in [5.74, 6) is 1.37. The van der Waals surface area contributed by atoms with Crippen molar-refractivity contribution in [1.29, 1.82) is 0 Å². The van der Waals surface area contributed by atoms with Crippen molar-refractivity contribution in [2.24, 2.45) is 0 Å². The lowest BCUT2D eigenvalue weighted by Crippen LogP contribution is -2.02. The van der Waals surface area contributed by atoms with Gasteiger partial charge < -0.3 is 8.82 Å². The van der Waals surface area contributed by atoms with Gasteiger partial charge in [-0.15, -0.1) is 0 Å². The van der Waals surface area contributed by atoms with Crippen molar-refractivity contribution < 1.29 is 4.42 Å². The predicted octanol–water partition coefficient (Wildman–Crippen LogP) is 13.1. The molecule has 0 radical (unpaired) electrons. The fourth-order valence-corrected chi connectivity index (χ4v) is 9.21. The molecule has 13 aromatic rings. The van der Waals surface area contributed by atoms with E-state index in [9.17, 15) is 0 Å². The van der Waals surface area contributed by atoms with Gasteiger partial charge in [0.2, 0.25) is 0 Å². The summed E-state index contributed by atoms with van der Waals surface area (Å²) in [5, 5.41) is 10.7. The van der Waals surface area contributed by atoms with Crippen LogP contribution in [0, 0.1) is 0 Å². The number of furan rings is 1. The molecule has 8 aromatic carbocycles. The zero-order valence-corrected chi connectivity index (χ0v) is 29.4. The number of nitrogens with zero attached hydrogens (tertiary/aromatic N) is 4. The molecule has 0 aliphatic carbocycles. The summed E-state index contributed by atoms with van der Waals surface area (Å²) in [7, 11) is 0. The smallest absolute Gasteiger partial charge is 0.197 e. The number of rotatable bonds is 3. The second kappa shape index (κ2) is 10.6. The Labute approximate surface area is 313 Å². The standard InChI is InChI=1S/C50H28N4O/c1-2-12-29(13-3-1)30-22-24-31(25-23-30)49-51-45-36-18-8-11-21-43(36)55-48(45)50(52-49)54-41-20-10-7-17-35(41)38-28-37-34-16-6-9-19-40(34)53-42-27-33-15-5-4-14-32(33)26-39(42)44(46(37)53)47(38)54/h1-28H. The van der Waals surface area contributed by atoms with Gasteiger partial charge in [-0.25, -0.2) is 9.97 Å². The highest BCUT2D eigenvalue weighted by Crippen LogP contribution is 2.48. The van der Waals surface area contributed by atoms with Gasteiger partial charge in [0.05, 0.1) is 27.6 Å². The van der Waals surface area contributed by atoms with Gasteiger partial charge >= 0.3 is 0 Å². The van der Waals surface area contributed by atoms with Gasteiger partial charge in [-0.05, 0) is 64.4 Å². The molecule has 0 bridgehead atoms. The molecule has 0 N–H and O–H groups in total. The molecule has 0 spiro atoms. The summed E-state index contributed by atoms with van der Waals surface area (Å²) in [6.07, 6.45) is 0. The van der Waals surface area contributed by atoms with Gasteiger partial charge in [0.25, 0.3) is 0 Å². The van der Waals surface area contributed by atoms with E-state index in [0.29, 0.717) is 11.4 Å². The van der Waals surface area contributed by atoms with Crippen molar-refractivity contribution in [3.63, 3.8) is 0 Å². The maximum Gasteiger partial charge on any atom is 0.197 e. The lowest BCUT2D eigenvalue weighted by Gasteiger charge is -2.11. The van der Waals surface area contributed by atoms with Crippen LogP contribution in [0.25, 0.3) is 121 Å². The molecule has 0 aliphatic rings. The van der Waals surface area contributed by atoms with Crippen LogP contribution in [-0.4, -0.2) is 18.9 Å². The first kappa shape index (κ1) is 29.0. The number of hydrogen-bond donors (Lipinski definition) is 0. The maximum atomic E-state index is 6.77. The van der Waals surface area contributed by atoms with Gasteiger partial charge in [0, 0.05) is 43.3 Å². The van der Waals surface area contributed by atoms with Crippen molar-refractivity contribution in [2.75, 3.05) is 0 Å². The van der Waals surface area contributed by atoms with Crippen LogP contribution < -0.4 is 0 Å². The summed E-state index contributed by atoms with van der Waals surface area (Å²) in [4.78, 5) is 10.7. The summed E-state index contributed by atoms with van der Waals surface area (Å²) in [5.41, 5.74) is 11.3. The normalized spacial score (nSPS) is 12.4. The van der Waals surface area contributed by atoms with Crippen LogP contribution in [0.4, 0.5) is 0 Å². The number of hydrogen-bond acceptors (Lipinski definition) is 3. The number of fused-ring (bicyclic) bond motifs is 14. The highest BCUT2D eigenvalue weighted by molar-refractivity contribution is 6.35. The van der Waals surface area contributed by atoms with E-state index in [1.807, 2.05) is 24.3 Å². The first-order chi connectivity index (χ1) is 27.3. The average molecular weight is 701 g/mol. The molecular formula is C50H28N4O. The molecule has 55 heavy (non-hydrogen) atoms. The third-order valence-electron chi connectivity index (χ3n) is 11.6. The quantitative estimate of drug-likeness (QED) is 0.184. The molecule has 0 saturated heterocycles. The largest absolute Gasteiger partial charge is 0.450 e. The lowest BCUT2D eigenvalue weighted by molar-refractivity contribution is 0.662. The third kappa shape index (κ3) is 3.86. The number of para-hydroxylation sites is 3. The molecule has 0 aliphatic heterocycles. The molecule has 0 fully saturated rings. The lowest BCUT2D eigenvalue weighted by atomic mass is 10.0. The van der Waals surface area contributed by atoms with Crippen molar-refractivity contribution in [3.8, 4) is 28.3 Å². The van der Waals surface area contributed by atoms with E-state index in [2.05, 4.69) is 155 Å². The molecule has 254 valence electrons. The average Bonchev–Trinajstić information content (AvgIpc) is 3.98. The highest BCUT2D eigenvalue weighted by atomic mass is 16.3. The van der Waals surface area contributed by atoms with Gasteiger partial charge in [-0.2, -0.15) is 0 Å². The van der Waals surface area contributed by atoms with Crippen molar-refractivity contribution in [1.82, 2.24) is 18.9 Å². The highest BCUT2D eigenvalue weighted by Gasteiger charge is 2.27. The fraction of sp³-hybridized carbons (Fsp3) is 0. The van der Waals surface area contributed by atoms with Crippen LogP contribution in [0.15, 0.2) is 174 Å². The Hall–Kier alpha value is -7.50. The van der Waals surface area contributed by atoms with Crippen LogP contribution in [0.1, 0.15) is 0 Å². The van der Waals surface area contributed by atoms with Crippen LogP contribution in [0.3, 0.4) is 0 Å². The van der Waals surface area contributed by atoms with E-state index in [4.69, 9.17) is 14.4 Å². The molecule has 13 rings (SSSR count). The number of aromatic nitrogens is 4. The minimum absolute atomic E-state index is 0.651. The van der Waals surface area contributed by atoms with Gasteiger partial charge in [-0.1, -0.05) is 127 Å². The topological polar surface area (TPSA) is 48.3 Å². The predicted molar refractivity (Wildman–Crippen MR) is 227 cm³/mol. The van der Waals surface area contributed by atoms with Crippen molar-refractivity contribution in [2.45, 2.75) is 0 Å². The summed E-state index contributed by atoms with van der Waals surface area (Å²) >= 11 is 0. The van der Waals surface area contributed by atoms with E-state index in [1.54, 1.807) is 0 Å². The fourth-order valence-electron chi connectivity index (χ4n) is 9.21. The monoisotopic (exact) mass is 700 g/mol. The third-order valence-corrected chi connectivity index (χ3v) is 11.6. The Kier molecular flexibility index (Phi) is 5.57. The molecule has 0 saturated carbocycles. The molecule has 5 heterocycles. The van der Waals surface area contributed by atoms with E-state index >= 15 is 0 Å². The molecular weight excluding hydrogens is 673 g/mol. The van der Waals surface area contributed by atoms with Crippen LogP contribution in [0.5, 0.6) is 0 Å². The van der Waals surface area contributed by atoms with Crippen LogP contribution in [0.2, 0.25) is 0 Å². The first-order valence-electron chi connectivity index (χ1n) is 18.7. The molecule has 5 nitrogen and oxygen atoms in total. The van der Waals surface area contributed by atoms with E-state index in [1.165, 1.54) is 65.2 Å². The van der Waals surface area contributed by atoms with Gasteiger partial charge in [-0.3, -0.25) is 4.57 Å². The molecule has 5 heteroatoms. The van der Waals surface area contributed by atoms with Crippen molar-refractivity contribution in [3.05, 3.63) is 170 Å². The van der Waals surface area contributed by atoms with E-state index in [0.717, 1.165) is 44.5 Å².